The fraction of sp³-hybridized carbons (Fsp3) is 0.300. The summed E-state index contributed by atoms with van der Waals surface area (Å²) in [5, 5.41) is 19.0. The number of carboxylic acids is 1. The third-order valence-corrected chi connectivity index (χ3v) is 2.20. The predicted octanol–water partition coefficient (Wildman–Crippen LogP) is 2.31. The molecule has 1 unspecified atom stereocenters. The van der Waals surface area contributed by atoms with Crippen LogP contribution in [0.2, 0.25) is 0 Å². The predicted molar refractivity (Wildman–Crippen MR) is 53.7 cm³/mol. The molecule has 1 aromatic carbocycles. The van der Waals surface area contributed by atoms with E-state index in [0.29, 0.717) is 0 Å². The normalized spacial score (nSPS) is 12.1. The number of rotatable bonds is 4. The van der Waals surface area contributed by atoms with Crippen LogP contribution in [0.4, 0.5) is 10.1 Å². The first-order chi connectivity index (χ1) is 7.41. The van der Waals surface area contributed by atoms with E-state index in [2.05, 4.69) is 0 Å². The summed E-state index contributed by atoms with van der Waals surface area (Å²) in [5.41, 5.74) is -0.190. The van der Waals surface area contributed by atoms with Crippen molar-refractivity contribution in [1.29, 1.82) is 0 Å². The minimum absolute atomic E-state index is 0.0524. The van der Waals surface area contributed by atoms with E-state index < -0.39 is 22.6 Å². The van der Waals surface area contributed by atoms with Crippen molar-refractivity contribution in [1.82, 2.24) is 0 Å². The van der Waals surface area contributed by atoms with Crippen molar-refractivity contribution in [3.63, 3.8) is 0 Å². The highest BCUT2D eigenvalue weighted by Crippen LogP contribution is 2.26. The summed E-state index contributed by atoms with van der Waals surface area (Å²) < 4.78 is 13.3. The maximum absolute atomic E-state index is 13.3. The average molecular weight is 227 g/mol. The third kappa shape index (κ3) is 2.75. The molecule has 6 heteroatoms. The number of nitrogens with zero attached hydrogens (tertiary/aromatic N) is 1. The fourth-order valence-corrected chi connectivity index (χ4v) is 1.39. The van der Waals surface area contributed by atoms with Crippen molar-refractivity contribution in [2.24, 2.45) is 0 Å². The van der Waals surface area contributed by atoms with Crippen LogP contribution in [0.15, 0.2) is 18.2 Å². The molecule has 0 aromatic heterocycles. The lowest BCUT2D eigenvalue weighted by Gasteiger charge is -2.09. The van der Waals surface area contributed by atoms with Gasteiger partial charge in [0.1, 0.15) is 5.82 Å². The molecule has 0 amide bonds. The molecule has 0 heterocycles. The summed E-state index contributed by atoms with van der Waals surface area (Å²) in [6, 6.07) is 3.10. The van der Waals surface area contributed by atoms with Crippen LogP contribution < -0.4 is 0 Å². The summed E-state index contributed by atoms with van der Waals surface area (Å²) in [4.78, 5) is 20.3. The van der Waals surface area contributed by atoms with Crippen LogP contribution in [-0.4, -0.2) is 16.0 Å². The van der Waals surface area contributed by atoms with Gasteiger partial charge in [-0.2, -0.15) is 0 Å². The summed E-state index contributed by atoms with van der Waals surface area (Å²) in [5.74, 6) is -2.30. The molecule has 0 fully saturated rings. The number of non-ortho nitro benzene ring substituents is 1. The zero-order chi connectivity index (χ0) is 12.3. The van der Waals surface area contributed by atoms with E-state index >= 15 is 0 Å². The Balaban J connectivity index is 3.06. The maximum Gasteiger partial charge on any atom is 0.303 e. The molecular formula is C10H10FNO4. The van der Waals surface area contributed by atoms with Crippen LogP contribution >= 0.6 is 0 Å². The van der Waals surface area contributed by atoms with Crippen molar-refractivity contribution in [2.45, 2.75) is 19.3 Å². The second kappa shape index (κ2) is 4.69. The third-order valence-electron chi connectivity index (χ3n) is 2.20. The highest BCUT2D eigenvalue weighted by molar-refractivity contribution is 5.68. The van der Waals surface area contributed by atoms with E-state index in [1.807, 2.05) is 0 Å². The van der Waals surface area contributed by atoms with E-state index in [1.54, 1.807) is 0 Å². The van der Waals surface area contributed by atoms with Gasteiger partial charge in [0, 0.05) is 12.1 Å². The minimum Gasteiger partial charge on any atom is -0.481 e. The first-order valence-corrected chi connectivity index (χ1v) is 4.57. The molecule has 1 rings (SSSR count). The number of halogens is 1. The molecule has 1 aromatic rings. The number of hydrogen-bond donors (Lipinski definition) is 1. The Labute approximate surface area is 90.7 Å². The maximum atomic E-state index is 13.3. The molecule has 0 saturated carbocycles. The molecule has 0 bridgehead atoms. The van der Waals surface area contributed by atoms with E-state index in [0.717, 1.165) is 18.2 Å². The first kappa shape index (κ1) is 12.1. The van der Waals surface area contributed by atoms with Gasteiger partial charge in [-0.25, -0.2) is 4.39 Å². The number of hydrogen-bond acceptors (Lipinski definition) is 3. The molecule has 5 nitrogen and oxygen atoms in total. The van der Waals surface area contributed by atoms with E-state index in [-0.39, 0.29) is 17.7 Å². The lowest BCUT2D eigenvalue weighted by molar-refractivity contribution is -0.385. The van der Waals surface area contributed by atoms with Crippen LogP contribution in [0.5, 0.6) is 0 Å². The molecule has 1 atom stereocenters. The van der Waals surface area contributed by atoms with Gasteiger partial charge in [-0.15, -0.1) is 0 Å². The van der Waals surface area contributed by atoms with Crippen LogP contribution in [0.3, 0.4) is 0 Å². The summed E-state index contributed by atoms with van der Waals surface area (Å²) in [6.45, 7) is 1.51. The van der Waals surface area contributed by atoms with Gasteiger partial charge in [0.05, 0.1) is 11.3 Å². The number of aliphatic carboxylic acids is 1. The highest BCUT2D eigenvalue weighted by Gasteiger charge is 2.17. The van der Waals surface area contributed by atoms with Gasteiger partial charge >= 0.3 is 5.97 Å². The van der Waals surface area contributed by atoms with Gasteiger partial charge < -0.3 is 5.11 Å². The van der Waals surface area contributed by atoms with Gasteiger partial charge in [0.15, 0.2) is 0 Å². The van der Waals surface area contributed by atoms with Crippen molar-refractivity contribution >= 4 is 11.7 Å². The van der Waals surface area contributed by atoms with Crippen LogP contribution in [-0.2, 0) is 4.79 Å². The van der Waals surface area contributed by atoms with Crippen LogP contribution in [0.1, 0.15) is 24.8 Å². The Bertz CT molecular complexity index is 433. The average Bonchev–Trinajstić information content (AvgIpc) is 2.16. The topological polar surface area (TPSA) is 80.4 Å². The summed E-state index contributed by atoms with van der Waals surface area (Å²) in [6.07, 6.45) is -0.266. The van der Waals surface area contributed by atoms with E-state index in [1.165, 1.54) is 6.92 Å². The van der Waals surface area contributed by atoms with Gasteiger partial charge in [-0.05, 0) is 17.5 Å². The van der Waals surface area contributed by atoms with E-state index in [4.69, 9.17) is 5.11 Å². The molecule has 0 radical (unpaired) electrons. The molecule has 86 valence electrons. The van der Waals surface area contributed by atoms with Crippen molar-refractivity contribution in [3.05, 3.63) is 39.7 Å². The molecule has 0 aliphatic heterocycles. The smallest absolute Gasteiger partial charge is 0.303 e. The van der Waals surface area contributed by atoms with Crippen molar-refractivity contribution < 1.29 is 19.2 Å². The van der Waals surface area contributed by atoms with Gasteiger partial charge in [0.25, 0.3) is 5.69 Å². The molecule has 16 heavy (non-hydrogen) atoms. The summed E-state index contributed by atoms with van der Waals surface area (Å²) in [7, 11) is 0. The number of carbonyl (C=O) groups is 1. The quantitative estimate of drug-likeness (QED) is 0.632. The Kier molecular flexibility index (Phi) is 3.55. The standard InChI is InChI=1S/C10H10FNO4/c1-6(4-10(13)14)8-5-7(12(15)16)2-3-9(8)11/h2-3,5-6H,4H2,1H3,(H,13,14). The highest BCUT2D eigenvalue weighted by atomic mass is 19.1. The first-order valence-electron chi connectivity index (χ1n) is 4.57. The van der Waals surface area contributed by atoms with Crippen molar-refractivity contribution in [3.8, 4) is 0 Å². The monoisotopic (exact) mass is 227 g/mol. The second-order valence-electron chi connectivity index (χ2n) is 3.46. The molecule has 0 saturated heterocycles. The van der Waals surface area contributed by atoms with Gasteiger partial charge in [-0.1, -0.05) is 6.92 Å². The lowest BCUT2D eigenvalue weighted by atomic mass is 9.97. The molecule has 0 spiro atoms. The zero-order valence-corrected chi connectivity index (χ0v) is 8.51. The summed E-state index contributed by atoms with van der Waals surface area (Å²) >= 11 is 0. The minimum atomic E-state index is -1.07. The zero-order valence-electron chi connectivity index (χ0n) is 8.51. The van der Waals surface area contributed by atoms with Gasteiger partial charge in [0.2, 0.25) is 0 Å². The van der Waals surface area contributed by atoms with Crippen LogP contribution in [0, 0.1) is 15.9 Å². The number of carboxylic acid groups (broad SMARTS) is 1. The Morgan fingerprint density at radius 3 is 2.75 bits per heavy atom. The molecular weight excluding hydrogens is 217 g/mol. The fourth-order valence-electron chi connectivity index (χ4n) is 1.39. The lowest BCUT2D eigenvalue weighted by Crippen LogP contribution is -2.05. The molecule has 1 N–H and O–H groups in total. The molecule has 0 aliphatic carbocycles. The molecule has 0 aliphatic rings. The number of nitro groups is 1. The Morgan fingerprint density at radius 1 is 1.62 bits per heavy atom. The van der Waals surface area contributed by atoms with Gasteiger partial charge in [-0.3, -0.25) is 14.9 Å². The van der Waals surface area contributed by atoms with Crippen molar-refractivity contribution in [2.75, 3.05) is 0 Å². The van der Waals surface area contributed by atoms with Crippen LogP contribution in [0.25, 0.3) is 0 Å². The Morgan fingerprint density at radius 2 is 2.25 bits per heavy atom. The largest absolute Gasteiger partial charge is 0.481 e. The second-order valence-corrected chi connectivity index (χ2v) is 3.46. The number of benzene rings is 1. The SMILES string of the molecule is CC(CC(=O)O)c1cc([N+](=O)[O-])ccc1F. The van der Waals surface area contributed by atoms with E-state index in [9.17, 15) is 19.3 Å². The number of nitro benzene ring substituents is 1. The Hall–Kier alpha value is -1.98.